The molecule has 106 valence electrons. The van der Waals surface area contributed by atoms with Gasteiger partial charge in [0.15, 0.2) is 0 Å². The highest BCUT2D eigenvalue weighted by Gasteiger charge is 2.15. The van der Waals surface area contributed by atoms with Crippen molar-refractivity contribution in [1.82, 2.24) is 4.98 Å². The summed E-state index contributed by atoms with van der Waals surface area (Å²) in [5.74, 6) is 0.610. The number of aliphatic hydroxyl groups is 1. The summed E-state index contributed by atoms with van der Waals surface area (Å²) in [5.41, 5.74) is -0.132. The molecule has 0 unspecified atom stereocenters. The highest BCUT2D eigenvalue weighted by atomic mass is 35.5. The Balaban J connectivity index is 2.77. The summed E-state index contributed by atoms with van der Waals surface area (Å²) in [5, 5.41) is 23.0. The number of nitrogens with one attached hydrogen (secondary N) is 1. The van der Waals surface area contributed by atoms with E-state index >= 15 is 0 Å². The van der Waals surface area contributed by atoms with Crippen molar-refractivity contribution in [1.29, 1.82) is 0 Å². The van der Waals surface area contributed by atoms with Gasteiger partial charge in [-0.2, -0.15) is 0 Å². The molecule has 2 N–H and O–H groups in total. The van der Waals surface area contributed by atoms with E-state index in [2.05, 4.69) is 10.3 Å². The largest absolute Gasteiger partial charge is 0.396 e. The van der Waals surface area contributed by atoms with Crippen LogP contribution in [0.2, 0.25) is 5.02 Å². The number of nitrogens with zero attached hydrogens (tertiary/aromatic N) is 2. The second kappa shape index (κ2) is 7.25. The van der Waals surface area contributed by atoms with Crippen LogP contribution in [0.25, 0.3) is 0 Å². The Morgan fingerprint density at radius 2 is 2.32 bits per heavy atom. The minimum Gasteiger partial charge on any atom is -0.396 e. The average molecular weight is 288 g/mol. The summed E-state index contributed by atoms with van der Waals surface area (Å²) in [7, 11) is 0. The molecular weight excluding hydrogens is 270 g/mol. The van der Waals surface area contributed by atoms with Gasteiger partial charge in [0.05, 0.1) is 9.95 Å². The molecule has 0 aliphatic rings. The topological polar surface area (TPSA) is 88.3 Å². The first kappa shape index (κ1) is 15.7. The Morgan fingerprint density at radius 3 is 2.79 bits per heavy atom. The Bertz CT molecular complexity index is 442. The molecule has 0 amide bonds. The van der Waals surface area contributed by atoms with Crippen LogP contribution in [0.3, 0.4) is 0 Å². The molecule has 1 rings (SSSR count). The lowest BCUT2D eigenvalue weighted by atomic mass is 10.0. The van der Waals surface area contributed by atoms with Crippen LogP contribution in [0.5, 0.6) is 0 Å². The van der Waals surface area contributed by atoms with Crippen LogP contribution in [-0.2, 0) is 0 Å². The molecule has 2 atom stereocenters. The number of anilines is 1. The Kier molecular flexibility index (Phi) is 5.98. The van der Waals surface area contributed by atoms with E-state index in [0.29, 0.717) is 5.82 Å². The van der Waals surface area contributed by atoms with Gasteiger partial charge in [0.2, 0.25) is 0 Å². The van der Waals surface area contributed by atoms with E-state index in [9.17, 15) is 10.1 Å². The summed E-state index contributed by atoms with van der Waals surface area (Å²) in [6, 6.07) is 1.40. The number of hydrogen-bond acceptors (Lipinski definition) is 5. The highest BCUT2D eigenvalue weighted by Crippen LogP contribution is 2.25. The van der Waals surface area contributed by atoms with E-state index in [1.165, 1.54) is 12.3 Å². The van der Waals surface area contributed by atoms with Crippen molar-refractivity contribution in [2.45, 2.75) is 32.7 Å². The maximum absolute atomic E-state index is 10.6. The van der Waals surface area contributed by atoms with E-state index in [1.807, 2.05) is 13.8 Å². The maximum atomic E-state index is 10.6. The van der Waals surface area contributed by atoms with Gasteiger partial charge in [-0.05, 0) is 18.8 Å². The third kappa shape index (κ3) is 4.65. The molecule has 7 heteroatoms. The van der Waals surface area contributed by atoms with Gasteiger partial charge in [-0.3, -0.25) is 10.1 Å². The molecular formula is C12H18ClN3O3. The quantitative estimate of drug-likeness (QED) is 0.594. The predicted octanol–water partition coefficient (Wildman–Crippen LogP) is 2.85. The standard InChI is InChI=1S/C12H18ClN3O3/c1-3-9(4-8(2)7-17)15-12-11(13)5-10(6-14-12)16(18)19/h5-6,8-9,17H,3-4,7H2,1-2H3,(H,14,15)/t8-,9-/m0/s1. The van der Waals surface area contributed by atoms with Crippen molar-refractivity contribution >= 4 is 23.1 Å². The third-order valence-electron chi connectivity index (χ3n) is 2.87. The van der Waals surface area contributed by atoms with Crippen LogP contribution in [0, 0.1) is 16.0 Å². The molecule has 1 aromatic heterocycles. The van der Waals surface area contributed by atoms with Crippen molar-refractivity contribution < 1.29 is 10.0 Å². The summed E-state index contributed by atoms with van der Waals surface area (Å²) in [6.07, 6.45) is 2.80. The van der Waals surface area contributed by atoms with Crippen molar-refractivity contribution in [3.05, 3.63) is 27.4 Å². The normalized spacial score (nSPS) is 13.9. The molecule has 6 nitrogen and oxygen atoms in total. The fraction of sp³-hybridized carbons (Fsp3) is 0.583. The second-order valence-corrected chi connectivity index (χ2v) is 4.96. The van der Waals surface area contributed by atoms with Gasteiger partial charge < -0.3 is 10.4 Å². The molecule has 0 bridgehead atoms. The van der Waals surface area contributed by atoms with Gasteiger partial charge >= 0.3 is 0 Å². The number of rotatable bonds is 7. The van der Waals surface area contributed by atoms with Gasteiger partial charge in [-0.1, -0.05) is 25.4 Å². The molecule has 0 radical (unpaired) electrons. The van der Waals surface area contributed by atoms with Gasteiger partial charge in [-0.25, -0.2) is 4.98 Å². The van der Waals surface area contributed by atoms with Crippen LogP contribution >= 0.6 is 11.6 Å². The average Bonchev–Trinajstić information content (AvgIpc) is 2.39. The molecule has 0 aromatic carbocycles. The predicted molar refractivity (Wildman–Crippen MR) is 74.5 cm³/mol. The van der Waals surface area contributed by atoms with Crippen LogP contribution in [0.1, 0.15) is 26.7 Å². The fourth-order valence-corrected chi connectivity index (χ4v) is 1.93. The monoisotopic (exact) mass is 287 g/mol. The van der Waals surface area contributed by atoms with Crippen molar-refractivity contribution in [3.63, 3.8) is 0 Å². The zero-order valence-electron chi connectivity index (χ0n) is 11.0. The highest BCUT2D eigenvalue weighted by molar-refractivity contribution is 6.33. The number of nitro groups is 1. The van der Waals surface area contributed by atoms with Crippen molar-refractivity contribution in [3.8, 4) is 0 Å². The van der Waals surface area contributed by atoms with Gasteiger partial charge in [0.1, 0.15) is 12.0 Å². The van der Waals surface area contributed by atoms with Crippen LogP contribution < -0.4 is 5.32 Å². The molecule has 0 saturated carbocycles. The minimum absolute atomic E-state index is 0.119. The number of hydrogen-bond donors (Lipinski definition) is 2. The summed E-state index contributed by atoms with van der Waals surface area (Å²) >= 11 is 5.97. The molecule has 19 heavy (non-hydrogen) atoms. The second-order valence-electron chi connectivity index (χ2n) is 4.55. The van der Waals surface area contributed by atoms with Crippen LogP contribution in [0.15, 0.2) is 12.3 Å². The summed E-state index contributed by atoms with van der Waals surface area (Å²) < 4.78 is 0. The zero-order valence-corrected chi connectivity index (χ0v) is 11.7. The Labute approximate surface area is 117 Å². The smallest absolute Gasteiger partial charge is 0.289 e. The zero-order chi connectivity index (χ0) is 14.4. The Morgan fingerprint density at radius 1 is 1.63 bits per heavy atom. The number of pyridine rings is 1. The fourth-order valence-electron chi connectivity index (χ4n) is 1.72. The summed E-state index contributed by atoms with van der Waals surface area (Å²) in [6.45, 7) is 4.09. The lowest BCUT2D eigenvalue weighted by molar-refractivity contribution is -0.385. The molecule has 1 heterocycles. The molecule has 0 spiro atoms. The molecule has 0 aliphatic heterocycles. The van der Waals surface area contributed by atoms with Crippen LogP contribution in [-0.4, -0.2) is 27.7 Å². The first-order valence-electron chi connectivity index (χ1n) is 6.15. The lowest BCUT2D eigenvalue weighted by Crippen LogP contribution is -2.23. The summed E-state index contributed by atoms with van der Waals surface area (Å²) in [4.78, 5) is 14.0. The third-order valence-corrected chi connectivity index (χ3v) is 3.16. The van der Waals surface area contributed by atoms with Gasteiger partial charge in [0.25, 0.3) is 5.69 Å². The molecule has 0 fully saturated rings. The first-order valence-corrected chi connectivity index (χ1v) is 6.53. The number of aliphatic hydroxyl groups excluding tert-OH is 1. The number of halogens is 1. The molecule has 0 aliphatic carbocycles. The maximum Gasteiger partial charge on any atom is 0.289 e. The van der Waals surface area contributed by atoms with E-state index < -0.39 is 4.92 Å². The SMILES string of the molecule is CC[C@@H](C[C@H](C)CO)Nc1ncc([N+](=O)[O-])cc1Cl. The van der Waals surface area contributed by atoms with E-state index in [1.54, 1.807) is 0 Å². The molecule has 0 saturated heterocycles. The van der Waals surface area contributed by atoms with Crippen molar-refractivity contribution in [2.75, 3.05) is 11.9 Å². The van der Waals surface area contributed by atoms with Gasteiger partial charge in [0, 0.05) is 18.7 Å². The van der Waals surface area contributed by atoms with Gasteiger partial charge in [-0.15, -0.1) is 0 Å². The van der Waals surface area contributed by atoms with Crippen molar-refractivity contribution in [2.24, 2.45) is 5.92 Å². The van der Waals surface area contributed by atoms with E-state index in [-0.39, 0.29) is 29.3 Å². The first-order chi connectivity index (χ1) is 8.97. The minimum atomic E-state index is -0.534. The van der Waals surface area contributed by atoms with Crippen LogP contribution in [0.4, 0.5) is 11.5 Å². The lowest BCUT2D eigenvalue weighted by Gasteiger charge is -2.20. The number of aromatic nitrogens is 1. The van der Waals surface area contributed by atoms with E-state index in [4.69, 9.17) is 16.7 Å². The van der Waals surface area contributed by atoms with E-state index in [0.717, 1.165) is 12.8 Å². The Hall–Kier alpha value is -1.40. The molecule has 1 aromatic rings.